The van der Waals surface area contributed by atoms with Gasteiger partial charge >= 0.3 is 0 Å². The minimum Gasteiger partial charge on any atom is -0.313 e. The van der Waals surface area contributed by atoms with Crippen LogP contribution in [0.5, 0.6) is 0 Å². The molecule has 1 atom stereocenters. The minimum atomic E-state index is 0.606. The van der Waals surface area contributed by atoms with Crippen LogP contribution in [0.2, 0.25) is 0 Å². The second-order valence-electron chi connectivity index (χ2n) is 3.50. The molecule has 1 N–H and O–H groups in total. The average Bonchev–Trinajstić information content (AvgIpc) is 2.61. The van der Waals surface area contributed by atoms with Gasteiger partial charge in [-0.1, -0.05) is 6.92 Å². The number of thioether (sulfide) groups is 1. The first-order chi connectivity index (χ1) is 7.27. The minimum absolute atomic E-state index is 0.606. The van der Waals surface area contributed by atoms with E-state index in [2.05, 4.69) is 45.9 Å². The first-order valence-electron chi connectivity index (χ1n) is 5.22. The third-order valence-electron chi connectivity index (χ3n) is 2.17. The molecule has 0 amide bonds. The van der Waals surface area contributed by atoms with Gasteiger partial charge in [0.2, 0.25) is 0 Å². The molecule has 0 aromatic carbocycles. The topological polar surface area (TPSA) is 12.0 Å². The number of nitrogens with one attached hydrogen (secondary N) is 1. The van der Waals surface area contributed by atoms with Crippen molar-refractivity contribution in [3.05, 3.63) is 20.8 Å². The third kappa shape index (κ3) is 4.89. The predicted molar refractivity (Wildman–Crippen MR) is 76.2 cm³/mol. The van der Waals surface area contributed by atoms with Crippen molar-refractivity contribution in [1.82, 2.24) is 5.32 Å². The van der Waals surface area contributed by atoms with E-state index in [-0.39, 0.29) is 0 Å². The van der Waals surface area contributed by atoms with Crippen molar-refractivity contribution in [3.63, 3.8) is 0 Å². The first kappa shape index (κ1) is 13.6. The van der Waals surface area contributed by atoms with Crippen molar-refractivity contribution in [1.29, 1.82) is 0 Å². The van der Waals surface area contributed by atoms with Gasteiger partial charge in [-0.15, -0.1) is 11.3 Å². The molecule has 0 spiro atoms. The number of rotatable bonds is 7. The molecule has 1 aromatic heterocycles. The lowest BCUT2D eigenvalue weighted by atomic mass is 10.2. The molecule has 0 saturated heterocycles. The highest BCUT2D eigenvalue weighted by molar-refractivity contribution is 9.10. The molecule has 1 aromatic rings. The molecule has 0 aliphatic carbocycles. The van der Waals surface area contributed by atoms with E-state index < -0.39 is 0 Å². The predicted octanol–water partition coefficient (Wildman–Crippen LogP) is 3.78. The van der Waals surface area contributed by atoms with Gasteiger partial charge in [0.15, 0.2) is 0 Å². The van der Waals surface area contributed by atoms with E-state index in [0.29, 0.717) is 6.04 Å². The van der Waals surface area contributed by atoms with Gasteiger partial charge in [-0.3, -0.25) is 0 Å². The van der Waals surface area contributed by atoms with Gasteiger partial charge in [0, 0.05) is 21.1 Å². The van der Waals surface area contributed by atoms with Crippen LogP contribution in [0.25, 0.3) is 0 Å². The van der Waals surface area contributed by atoms with Crippen molar-refractivity contribution in [2.75, 3.05) is 18.6 Å². The SMILES string of the molecule is CCCNC(CSC)Cc1sccc1Br. The van der Waals surface area contributed by atoms with Gasteiger partial charge in [0.05, 0.1) is 0 Å². The van der Waals surface area contributed by atoms with Crippen LogP contribution in [0.1, 0.15) is 18.2 Å². The van der Waals surface area contributed by atoms with E-state index in [1.165, 1.54) is 21.5 Å². The molecule has 0 aliphatic rings. The summed E-state index contributed by atoms with van der Waals surface area (Å²) in [6.07, 6.45) is 4.51. The van der Waals surface area contributed by atoms with Gasteiger partial charge in [-0.25, -0.2) is 0 Å². The molecular formula is C11H18BrNS2. The van der Waals surface area contributed by atoms with Crippen LogP contribution >= 0.6 is 39.0 Å². The average molecular weight is 308 g/mol. The molecule has 0 saturated carbocycles. The highest BCUT2D eigenvalue weighted by atomic mass is 79.9. The normalized spacial score (nSPS) is 13.0. The van der Waals surface area contributed by atoms with Gasteiger partial charge < -0.3 is 5.32 Å². The van der Waals surface area contributed by atoms with Crippen LogP contribution in [0.3, 0.4) is 0 Å². The smallest absolute Gasteiger partial charge is 0.0314 e. The largest absolute Gasteiger partial charge is 0.313 e. The molecule has 0 bridgehead atoms. The molecule has 0 aliphatic heterocycles. The highest BCUT2D eigenvalue weighted by Gasteiger charge is 2.10. The van der Waals surface area contributed by atoms with Gasteiger partial charge in [-0.2, -0.15) is 11.8 Å². The third-order valence-corrected chi connectivity index (χ3v) is 4.86. The monoisotopic (exact) mass is 307 g/mol. The Morgan fingerprint density at radius 2 is 2.40 bits per heavy atom. The van der Waals surface area contributed by atoms with E-state index >= 15 is 0 Å². The van der Waals surface area contributed by atoms with Crippen LogP contribution in [0.4, 0.5) is 0 Å². The Hall–Kier alpha value is 0.490. The molecule has 1 rings (SSSR count). The summed E-state index contributed by atoms with van der Waals surface area (Å²) in [6, 6.07) is 2.74. The quantitative estimate of drug-likeness (QED) is 0.822. The van der Waals surface area contributed by atoms with E-state index in [0.717, 1.165) is 13.0 Å². The summed E-state index contributed by atoms with van der Waals surface area (Å²) >= 11 is 7.35. The zero-order valence-corrected chi connectivity index (χ0v) is 12.5. The van der Waals surface area contributed by atoms with E-state index in [9.17, 15) is 0 Å². The lowest BCUT2D eigenvalue weighted by Gasteiger charge is -2.16. The number of hydrogen-bond donors (Lipinski definition) is 1. The zero-order chi connectivity index (χ0) is 11.1. The van der Waals surface area contributed by atoms with E-state index in [4.69, 9.17) is 0 Å². The van der Waals surface area contributed by atoms with Crippen LogP contribution in [-0.4, -0.2) is 24.6 Å². The number of hydrogen-bond acceptors (Lipinski definition) is 3. The fourth-order valence-corrected chi connectivity index (χ4v) is 3.67. The molecule has 0 radical (unpaired) electrons. The summed E-state index contributed by atoms with van der Waals surface area (Å²) < 4.78 is 1.26. The van der Waals surface area contributed by atoms with Crippen LogP contribution in [0.15, 0.2) is 15.9 Å². The van der Waals surface area contributed by atoms with E-state index in [1.54, 1.807) is 0 Å². The Balaban J connectivity index is 2.46. The van der Waals surface area contributed by atoms with Crippen molar-refractivity contribution in [2.24, 2.45) is 0 Å². The Morgan fingerprint density at radius 1 is 1.60 bits per heavy atom. The van der Waals surface area contributed by atoms with Gasteiger partial charge in [-0.05, 0) is 53.0 Å². The summed E-state index contributed by atoms with van der Waals surface area (Å²) in [5, 5.41) is 5.75. The maximum Gasteiger partial charge on any atom is 0.0314 e. The van der Waals surface area contributed by atoms with Crippen LogP contribution in [0, 0.1) is 0 Å². The number of halogens is 1. The van der Waals surface area contributed by atoms with Gasteiger partial charge in [0.25, 0.3) is 0 Å². The lowest BCUT2D eigenvalue weighted by molar-refractivity contribution is 0.553. The molecular weight excluding hydrogens is 290 g/mol. The fourth-order valence-electron chi connectivity index (χ4n) is 1.43. The lowest BCUT2D eigenvalue weighted by Crippen LogP contribution is -2.33. The summed E-state index contributed by atoms with van der Waals surface area (Å²) in [4.78, 5) is 1.46. The van der Waals surface area contributed by atoms with Crippen molar-refractivity contribution >= 4 is 39.0 Å². The summed E-state index contributed by atoms with van der Waals surface area (Å²) in [6.45, 7) is 3.33. The molecule has 15 heavy (non-hydrogen) atoms. The number of thiophene rings is 1. The first-order valence-corrected chi connectivity index (χ1v) is 8.28. The second-order valence-corrected chi connectivity index (χ2v) is 6.27. The molecule has 1 unspecified atom stereocenters. The van der Waals surface area contributed by atoms with Crippen molar-refractivity contribution < 1.29 is 0 Å². The summed E-state index contributed by atoms with van der Waals surface area (Å²) in [7, 11) is 0. The summed E-state index contributed by atoms with van der Waals surface area (Å²) in [5.41, 5.74) is 0. The molecule has 1 nitrogen and oxygen atoms in total. The Bertz CT molecular complexity index is 275. The zero-order valence-electron chi connectivity index (χ0n) is 9.25. The van der Waals surface area contributed by atoms with Crippen LogP contribution in [-0.2, 0) is 6.42 Å². The maximum absolute atomic E-state index is 3.60. The van der Waals surface area contributed by atoms with Crippen molar-refractivity contribution in [2.45, 2.75) is 25.8 Å². The van der Waals surface area contributed by atoms with E-state index in [1.807, 2.05) is 23.1 Å². The van der Waals surface area contributed by atoms with Crippen LogP contribution < -0.4 is 5.32 Å². The Morgan fingerprint density at radius 3 is 2.93 bits per heavy atom. The molecule has 0 fully saturated rings. The standard InChI is InChI=1S/C11H18BrNS2/c1-3-5-13-9(8-14-2)7-11-10(12)4-6-15-11/h4,6,9,13H,3,5,7-8H2,1-2H3. The molecule has 4 heteroatoms. The molecule has 1 heterocycles. The Kier molecular flexibility index (Phi) is 6.97. The fraction of sp³-hybridized carbons (Fsp3) is 0.636. The molecule has 86 valence electrons. The van der Waals surface area contributed by atoms with Gasteiger partial charge in [0.1, 0.15) is 0 Å². The van der Waals surface area contributed by atoms with Crippen molar-refractivity contribution in [3.8, 4) is 0 Å². The maximum atomic E-state index is 3.60. The second kappa shape index (κ2) is 7.71. The highest BCUT2D eigenvalue weighted by Crippen LogP contribution is 2.24. The Labute approximate surface area is 109 Å². The summed E-state index contributed by atoms with van der Waals surface area (Å²) in [5.74, 6) is 1.18.